The highest BCUT2D eigenvalue weighted by atomic mass is 32.2. The van der Waals surface area contributed by atoms with Crippen LogP contribution in [0, 0.1) is 5.82 Å². The van der Waals surface area contributed by atoms with Crippen molar-refractivity contribution >= 4 is 43.8 Å². The van der Waals surface area contributed by atoms with Gasteiger partial charge in [-0.15, -0.1) is 0 Å². The molecule has 0 spiro atoms. The van der Waals surface area contributed by atoms with Gasteiger partial charge in [0, 0.05) is 42.2 Å². The summed E-state index contributed by atoms with van der Waals surface area (Å²) in [4.78, 5) is 25.8. The third kappa shape index (κ3) is 5.09. The molecular weight excluding hydrogens is 627 g/mol. The van der Waals surface area contributed by atoms with E-state index in [1.54, 1.807) is 24.3 Å². The second-order valence-corrected chi connectivity index (χ2v) is 14.5. The molecule has 8 rings (SSSR count). The molecule has 0 radical (unpaired) electrons. The molecule has 4 aromatic rings. The molecule has 1 aromatic heterocycles. The first-order valence-electron chi connectivity index (χ1n) is 16.0. The Bertz CT molecular complexity index is 2000. The van der Waals surface area contributed by atoms with Gasteiger partial charge in [-0.2, -0.15) is 27.0 Å². The van der Waals surface area contributed by atoms with Crippen molar-refractivity contribution in [2.45, 2.75) is 43.8 Å². The predicted molar refractivity (Wildman–Crippen MR) is 173 cm³/mol. The van der Waals surface area contributed by atoms with E-state index in [4.69, 9.17) is 14.5 Å². The van der Waals surface area contributed by atoms with Crippen LogP contribution in [0.2, 0.25) is 0 Å². The number of rotatable bonds is 7. The molecule has 14 heteroatoms. The van der Waals surface area contributed by atoms with Crippen LogP contribution in [-0.4, -0.2) is 108 Å². The number of nitrogens with zero attached hydrogens (tertiary/aromatic N) is 6. The number of amides is 1. The second kappa shape index (κ2) is 11.5. The standard InChI is InChI=1S/C33H35FN6O6S/c1-37-12-4-6-23(37)19-46-32-35-30-27(11-10-26(29(30)34)28-16-24(41)15-20-5-2-3-7-25(20)28)31(36-32)38-17-21-8-9-22(18-38)40(21)47(43,44)39-13-14-45-33(39)42/h2-3,5,7,10-11,15-16,21-23,41H,4,6,8-9,12-14,17-19H2,1H3/t21-,22+,23-/m0/s1. The fourth-order valence-electron chi connectivity index (χ4n) is 7.63. The van der Waals surface area contributed by atoms with Gasteiger partial charge in [-0.1, -0.05) is 30.3 Å². The van der Waals surface area contributed by atoms with Gasteiger partial charge in [0.2, 0.25) is 0 Å². The van der Waals surface area contributed by atoms with E-state index in [2.05, 4.69) is 9.88 Å². The van der Waals surface area contributed by atoms with Gasteiger partial charge in [0.15, 0.2) is 5.82 Å². The summed E-state index contributed by atoms with van der Waals surface area (Å²) in [6, 6.07) is 13.6. The lowest BCUT2D eigenvalue weighted by molar-refractivity contribution is 0.167. The average Bonchev–Trinajstić information content (AvgIpc) is 3.76. The van der Waals surface area contributed by atoms with Gasteiger partial charge in [-0.3, -0.25) is 0 Å². The molecule has 246 valence electrons. The first-order valence-corrected chi connectivity index (χ1v) is 17.4. The minimum Gasteiger partial charge on any atom is -0.508 e. The summed E-state index contributed by atoms with van der Waals surface area (Å²) in [5, 5.41) is 12.5. The Morgan fingerprint density at radius 1 is 1.00 bits per heavy atom. The quantitative estimate of drug-likeness (QED) is 0.309. The maximum atomic E-state index is 16.7. The Balaban J connectivity index is 1.20. The molecule has 12 nitrogen and oxygen atoms in total. The van der Waals surface area contributed by atoms with E-state index in [0.717, 1.165) is 34.5 Å². The Labute approximate surface area is 271 Å². The molecule has 4 saturated heterocycles. The van der Waals surface area contributed by atoms with E-state index in [1.165, 1.54) is 4.31 Å². The topological polar surface area (TPSA) is 129 Å². The zero-order valence-corrected chi connectivity index (χ0v) is 26.7. The number of carbonyl (C=O) groups is 1. The summed E-state index contributed by atoms with van der Waals surface area (Å²) in [5.41, 5.74) is 0.897. The zero-order chi connectivity index (χ0) is 32.4. The lowest BCUT2D eigenvalue weighted by Gasteiger charge is -2.41. The van der Waals surface area contributed by atoms with Crippen LogP contribution in [-0.2, 0) is 14.9 Å². The van der Waals surface area contributed by atoms with Crippen molar-refractivity contribution in [1.29, 1.82) is 0 Å². The number of likely N-dealkylation sites (N-methyl/N-ethyl adjacent to an activating group) is 1. The summed E-state index contributed by atoms with van der Waals surface area (Å²) in [5.74, 6) is -0.0798. The van der Waals surface area contributed by atoms with Crippen molar-refractivity contribution in [3.8, 4) is 22.9 Å². The molecule has 4 aliphatic rings. The third-order valence-corrected chi connectivity index (χ3v) is 12.0. The average molecular weight is 663 g/mol. The molecule has 47 heavy (non-hydrogen) atoms. The second-order valence-electron chi connectivity index (χ2n) is 12.8. The summed E-state index contributed by atoms with van der Waals surface area (Å²) in [6.45, 7) is 1.95. The fraction of sp³-hybridized carbons (Fsp3) is 0.424. The van der Waals surface area contributed by atoms with Gasteiger partial charge in [0.05, 0.1) is 6.54 Å². The van der Waals surface area contributed by atoms with Crippen LogP contribution < -0.4 is 9.64 Å². The lowest BCUT2D eigenvalue weighted by Crippen LogP contribution is -2.59. The summed E-state index contributed by atoms with van der Waals surface area (Å²) in [6.07, 6.45) is 2.42. The number of likely N-dealkylation sites (tertiary alicyclic amines) is 1. The van der Waals surface area contributed by atoms with E-state index in [-0.39, 0.29) is 42.0 Å². The molecule has 1 N–H and O–H groups in total. The summed E-state index contributed by atoms with van der Waals surface area (Å²) < 4.78 is 57.2. The molecular formula is C33H35FN6O6S. The number of aromatic hydroxyl groups is 1. The van der Waals surface area contributed by atoms with E-state index in [1.807, 2.05) is 36.2 Å². The van der Waals surface area contributed by atoms with E-state index in [9.17, 15) is 18.3 Å². The van der Waals surface area contributed by atoms with Gasteiger partial charge >= 0.3 is 22.3 Å². The molecule has 1 amide bonds. The number of phenolic OH excluding ortho intramolecular Hbond substituents is 1. The van der Waals surface area contributed by atoms with Crippen molar-refractivity contribution < 1.29 is 32.2 Å². The van der Waals surface area contributed by atoms with Crippen LogP contribution in [0.4, 0.5) is 15.0 Å². The number of benzene rings is 3. The number of anilines is 1. The van der Waals surface area contributed by atoms with Crippen LogP contribution in [0.1, 0.15) is 25.7 Å². The molecule has 0 aliphatic carbocycles. The monoisotopic (exact) mass is 662 g/mol. The molecule has 3 atom stereocenters. The molecule has 0 unspecified atom stereocenters. The SMILES string of the molecule is CN1CCC[C@H]1COc1nc(N2C[C@H]3CC[C@@H](C2)N3S(=O)(=O)N2CCOC2=O)c2ccc(-c3cc(O)cc4ccccc34)c(F)c2n1. The summed E-state index contributed by atoms with van der Waals surface area (Å²) >= 11 is 0. The number of hydrogen-bond donors (Lipinski definition) is 1. The lowest BCUT2D eigenvalue weighted by atomic mass is 9.96. The van der Waals surface area contributed by atoms with Crippen molar-refractivity contribution in [3.63, 3.8) is 0 Å². The molecule has 0 saturated carbocycles. The minimum absolute atomic E-state index is 0.00959. The zero-order valence-electron chi connectivity index (χ0n) is 25.9. The molecule has 4 aliphatic heterocycles. The number of aromatic nitrogens is 2. The molecule has 2 bridgehead atoms. The highest BCUT2D eigenvalue weighted by Gasteiger charge is 2.51. The first kappa shape index (κ1) is 30.1. The van der Waals surface area contributed by atoms with Crippen LogP contribution in [0.3, 0.4) is 0 Å². The van der Waals surface area contributed by atoms with Gasteiger partial charge in [-0.25, -0.2) is 9.18 Å². The molecule has 4 fully saturated rings. The maximum absolute atomic E-state index is 16.7. The highest BCUT2D eigenvalue weighted by molar-refractivity contribution is 7.87. The van der Waals surface area contributed by atoms with Crippen molar-refractivity contribution in [2.24, 2.45) is 0 Å². The molecule has 5 heterocycles. The number of fused-ring (bicyclic) bond motifs is 4. The highest BCUT2D eigenvalue weighted by Crippen LogP contribution is 2.41. The predicted octanol–water partition coefficient (Wildman–Crippen LogP) is 4.12. The number of halogens is 1. The number of carbonyl (C=O) groups excluding carboxylic acids is 1. The van der Waals surface area contributed by atoms with E-state index in [0.29, 0.717) is 49.3 Å². The van der Waals surface area contributed by atoms with Crippen LogP contribution in [0.5, 0.6) is 11.8 Å². The van der Waals surface area contributed by atoms with Crippen LogP contribution in [0.15, 0.2) is 48.5 Å². The van der Waals surface area contributed by atoms with Gasteiger partial charge in [0.1, 0.15) is 30.3 Å². The summed E-state index contributed by atoms with van der Waals surface area (Å²) in [7, 11) is -2.02. The van der Waals surface area contributed by atoms with E-state index < -0.39 is 34.2 Å². The Morgan fingerprint density at radius 2 is 1.79 bits per heavy atom. The number of ether oxygens (including phenoxy) is 2. The van der Waals surface area contributed by atoms with Crippen molar-refractivity contribution in [2.75, 3.05) is 51.3 Å². The Morgan fingerprint density at radius 3 is 2.51 bits per heavy atom. The minimum atomic E-state index is -4.07. The Hall–Kier alpha value is -4.27. The van der Waals surface area contributed by atoms with Crippen molar-refractivity contribution in [3.05, 3.63) is 54.3 Å². The Kier molecular flexibility index (Phi) is 7.33. The largest absolute Gasteiger partial charge is 0.508 e. The number of cyclic esters (lactones) is 1. The third-order valence-electron chi connectivity index (χ3n) is 9.96. The number of hydrogen-bond acceptors (Lipinski definition) is 10. The fourth-order valence-corrected chi connectivity index (χ4v) is 9.51. The normalized spacial score (nSPS) is 23.7. The van der Waals surface area contributed by atoms with Crippen LogP contribution in [0.25, 0.3) is 32.8 Å². The maximum Gasteiger partial charge on any atom is 0.424 e. The number of piperazine rings is 1. The number of phenols is 1. The first-order chi connectivity index (χ1) is 22.7. The molecule has 3 aromatic carbocycles. The van der Waals surface area contributed by atoms with E-state index >= 15 is 4.39 Å². The smallest absolute Gasteiger partial charge is 0.424 e. The van der Waals surface area contributed by atoms with Gasteiger partial charge in [-0.05, 0) is 73.8 Å². The van der Waals surface area contributed by atoms with Gasteiger partial charge < -0.3 is 24.4 Å². The van der Waals surface area contributed by atoms with Crippen molar-refractivity contribution in [1.82, 2.24) is 23.5 Å². The van der Waals surface area contributed by atoms with Crippen LogP contribution >= 0.6 is 0 Å². The van der Waals surface area contributed by atoms with Gasteiger partial charge in [0.25, 0.3) is 0 Å².